The monoisotopic (exact) mass is 531 g/mol. The van der Waals surface area contributed by atoms with Gasteiger partial charge in [-0.15, -0.1) is 0 Å². The molecule has 1 aromatic carbocycles. The third-order valence-corrected chi connectivity index (χ3v) is 5.60. The maximum Gasteiger partial charge on any atom is 0.262 e. The van der Waals surface area contributed by atoms with Gasteiger partial charge in [-0.25, -0.2) is 0 Å². The van der Waals surface area contributed by atoms with Gasteiger partial charge in [0, 0.05) is 18.5 Å². The van der Waals surface area contributed by atoms with Gasteiger partial charge in [0.05, 0.1) is 70.6 Å². The maximum atomic E-state index is 12.8. The molecule has 0 aliphatic carbocycles. The van der Waals surface area contributed by atoms with Gasteiger partial charge >= 0.3 is 0 Å². The van der Waals surface area contributed by atoms with Crippen molar-refractivity contribution < 1.29 is 42.9 Å². The number of nitrogens with zero attached hydrogens (tertiary/aromatic N) is 1. The van der Waals surface area contributed by atoms with Gasteiger partial charge in [-0.05, 0) is 24.6 Å². The summed E-state index contributed by atoms with van der Waals surface area (Å²) in [5.74, 6) is 3.58. The zero-order valence-electron chi connectivity index (χ0n) is 21.2. The zero-order valence-corrected chi connectivity index (χ0v) is 21.2. The number of carbonyl (C=O) groups is 4. The zero-order chi connectivity index (χ0) is 27.2. The second kappa shape index (κ2) is 15.9. The minimum atomic E-state index is -0.997. The largest absolute Gasteiger partial charge is 0.378 e. The van der Waals surface area contributed by atoms with Gasteiger partial charge in [0.2, 0.25) is 11.8 Å². The predicted molar refractivity (Wildman–Crippen MR) is 133 cm³/mol. The van der Waals surface area contributed by atoms with Crippen LogP contribution in [0.15, 0.2) is 18.2 Å². The summed E-state index contributed by atoms with van der Waals surface area (Å²) >= 11 is 0. The van der Waals surface area contributed by atoms with Crippen molar-refractivity contribution in [3.05, 3.63) is 34.9 Å². The molecule has 0 radical (unpaired) electrons. The molecule has 38 heavy (non-hydrogen) atoms. The highest BCUT2D eigenvalue weighted by Crippen LogP contribution is 2.28. The van der Waals surface area contributed by atoms with Crippen molar-refractivity contribution in [2.75, 3.05) is 72.6 Å². The number of ether oxygens (including phenoxy) is 5. The Hall–Kier alpha value is -3.18. The molecule has 1 aromatic rings. The van der Waals surface area contributed by atoms with Crippen LogP contribution in [0.3, 0.4) is 0 Å². The number of rotatable bonds is 16. The lowest BCUT2D eigenvalue weighted by molar-refractivity contribution is -0.136. The molecule has 1 fully saturated rings. The van der Waals surface area contributed by atoms with Crippen molar-refractivity contribution in [2.24, 2.45) is 5.73 Å². The highest BCUT2D eigenvalue weighted by atomic mass is 16.6. The minimum absolute atomic E-state index is 0.0713. The average Bonchev–Trinajstić information content (AvgIpc) is 3.15. The Labute approximate surface area is 221 Å². The van der Waals surface area contributed by atoms with E-state index in [1.165, 1.54) is 12.1 Å². The van der Waals surface area contributed by atoms with E-state index in [9.17, 15) is 19.2 Å². The number of piperidine rings is 1. The number of nitrogens with two attached hydrogens (primary N) is 1. The fourth-order valence-corrected chi connectivity index (χ4v) is 3.77. The van der Waals surface area contributed by atoms with Crippen LogP contribution >= 0.6 is 0 Å². The summed E-state index contributed by atoms with van der Waals surface area (Å²) < 4.78 is 26.8. The first-order chi connectivity index (χ1) is 18.5. The third-order valence-electron chi connectivity index (χ3n) is 5.60. The summed E-state index contributed by atoms with van der Waals surface area (Å²) in [7, 11) is 0. The van der Waals surface area contributed by atoms with Gasteiger partial charge in [-0.1, -0.05) is 11.8 Å². The van der Waals surface area contributed by atoms with E-state index in [-0.39, 0.29) is 30.6 Å². The van der Waals surface area contributed by atoms with Gasteiger partial charge in [0.25, 0.3) is 11.8 Å². The van der Waals surface area contributed by atoms with E-state index in [2.05, 4.69) is 17.2 Å². The number of carbonyl (C=O) groups excluding carboxylic acids is 4. The van der Waals surface area contributed by atoms with E-state index in [4.69, 9.17) is 29.4 Å². The number of amides is 4. The molecular weight excluding hydrogens is 498 g/mol. The SMILES string of the molecule is NCCOCCOCCOCCOCCOCC#Cc1ccc2c(c1)C(=O)N(C1CCC(=O)NC1=O)C2=O. The van der Waals surface area contributed by atoms with Crippen LogP contribution < -0.4 is 11.1 Å². The Balaban J connectivity index is 1.28. The molecule has 0 spiro atoms. The van der Waals surface area contributed by atoms with E-state index in [1.54, 1.807) is 6.07 Å². The molecule has 3 N–H and O–H groups in total. The number of nitrogens with one attached hydrogen (secondary N) is 1. The molecule has 206 valence electrons. The van der Waals surface area contributed by atoms with E-state index in [0.29, 0.717) is 71.6 Å². The van der Waals surface area contributed by atoms with Gasteiger partial charge in [0.1, 0.15) is 12.6 Å². The highest BCUT2D eigenvalue weighted by molar-refractivity contribution is 6.23. The highest BCUT2D eigenvalue weighted by Gasteiger charge is 2.44. The molecule has 0 bridgehead atoms. The molecule has 2 aliphatic rings. The van der Waals surface area contributed by atoms with Crippen molar-refractivity contribution in [3.63, 3.8) is 0 Å². The van der Waals surface area contributed by atoms with Crippen molar-refractivity contribution >= 4 is 23.6 Å². The molecule has 1 atom stereocenters. The van der Waals surface area contributed by atoms with E-state index in [0.717, 1.165) is 4.90 Å². The standard InChI is InChI=1S/C26H33N3O9/c27-7-9-35-11-13-37-15-17-38-16-14-36-12-10-34-8-1-2-19-3-4-20-21(18-19)26(33)29(25(20)32)22-5-6-23(30)28-24(22)31/h3-4,18,22H,5-17,27H2,(H,28,30,31). The van der Waals surface area contributed by atoms with Crippen LogP contribution in [0.4, 0.5) is 0 Å². The number of hydrogen-bond acceptors (Lipinski definition) is 10. The lowest BCUT2D eigenvalue weighted by Crippen LogP contribution is -2.54. The number of benzene rings is 1. The summed E-state index contributed by atoms with van der Waals surface area (Å²) in [5, 5.41) is 2.17. The van der Waals surface area contributed by atoms with Crippen LogP contribution in [0.25, 0.3) is 0 Å². The summed E-state index contributed by atoms with van der Waals surface area (Å²) in [5.41, 5.74) is 6.25. The van der Waals surface area contributed by atoms with Crippen molar-refractivity contribution in [1.29, 1.82) is 0 Å². The molecule has 3 rings (SSSR count). The fourth-order valence-electron chi connectivity index (χ4n) is 3.77. The van der Waals surface area contributed by atoms with E-state index in [1.807, 2.05) is 0 Å². The Bertz CT molecular complexity index is 1050. The lowest BCUT2D eigenvalue weighted by Gasteiger charge is -2.27. The number of hydrogen-bond donors (Lipinski definition) is 2. The first kappa shape index (κ1) is 29.4. The molecular formula is C26H33N3O9. The van der Waals surface area contributed by atoms with Crippen molar-refractivity contribution in [1.82, 2.24) is 10.2 Å². The molecule has 2 aliphatic heterocycles. The summed E-state index contributed by atoms with van der Waals surface area (Å²) in [6, 6.07) is 3.68. The Kier molecular flexibility index (Phi) is 12.3. The fraction of sp³-hybridized carbons (Fsp3) is 0.538. The Morgan fingerprint density at radius 1 is 0.816 bits per heavy atom. The summed E-state index contributed by atoms with van der Waals surface area (Å²) in [6.45, 7) is 4.83. The smallest absolute Gasteiger partial charge is 0.262 e. The number of imide groups is 2. The third kappa shape index (κ3) is 8.70. The minimum Gasteiger partial charge on any atom is -0.378 e. The van der Waals surface area contributed by atoms with Crippen LogP contribution in [0.2, 0.25) is 0 Å². The average molecular weight is 532 g/mol. The van der Waals surface area contributed by atoms with Crippen LogP contribution in [0.5, 0.6) is 0 Å². The quantitative estimate of drug-likeness (QED) is 0.162. The van der Waals surface area contributed by atoms with Crippen LogP contribution in [0.1, 0.15) is 39.1 Å². The Morgan fingerprint density at radius 3 is 2.00 bits per heavy atom. The van der Waals surface area contributed by atoms with Gasteiger partial charge < -0.3 is 29.4 Å². The molecule has 0 saturated carbocycles. The molecule has 0 aromatic heterocycles. The molecule has 12 heteroatoms. The molecule has 4 amide bonds. The van der Waals surface area contributed by atoms with Crippen LogP contribution in [-0.4, -0.2) is 107 Å². The van der Waals surface area contributed by atoms with Crippen LogP contribution in [0, 0.1) is 11.8 Å². The summed E-state index contributed by atoms with van der Waals surface area (Å²) in [6.07, 6.45) is 0.181. The lowest BCUT2D eigenvalue weighted by atomic mass is 10.0. The van der Waals surface area contributed by atoms with Crippen molar-refractivity contribution in [3.8, 4) is 11.8 Å². The normalized spacial score (nSPS) is 16.9. The van der Waals surface area contributed by atoms with Gasteiger partial charge in [0.15, 0.2) is 0 Å². The molecule has 2 heterocycles. The van der Waals surface area contributed by atoms with E-state index < -0.39 is 29.7 Å². The second-order valence-electron chi connectivity index (χ2n) is 8.30. The molecule has 1 unspecified atom stereocenters. The number of fused-ring (bicyclic) bond motifs is 1. The maximum absolute atomic E-state index is 12.8. The summed E-state index contributed by atoms with van der Waals surface area (Å²) in [4.78, 5) is 50.0. The molecule has 12 nitrogen and oxygen atoms in total. The topological polar surface area (TPSA) is 156 Å². The predicted octanol–water partition coefficient (Wildman–Crippen LogP) is -0.519. The van der Waals surface area contributed by atoms with Gasteiger partial charge in [-0.3, -0.25) is 29.4 Å². The molecule has 1 saturated heterocycles. The second-order valence-corrected chi connectivity index (χ2v) is 8.30. The van der Waals surface area contributed by atoms with Crippen molar-refractivity contribution in [2.45, 2.75) is 18.9 Å². The van der Waals surface area contributed by atoms with Crippen LogP contribution in [-0.2, 0) is 33.3 Å². The first-order valence-corrected chi connectivity index (χ1v) is 12.5. The Morgan fingerprint density at radius 2 is 1.39 bits per heavy atom. The first-order valence-electron chi connectivity index (χ1n) is 12.5. The van der Waals surface area contributed by atoms with Gasteiger partial charge in [-0.2, -0.15) is 0 Å². The van der Waals surface area contributed by atoms with E-state index >= 15 is 0 Å².